The van der Waals surface area contributed by atoms with E-state index in [2.05, 4.69) is 5.32 Å². The average molecular weight is 313 g/mol. The van der Waals surface area contributed by atoms with E-state index in [1.807, 2.05) is 42.5 Å². The molecule has 120 valence electrons. The minimum atomic E-state index is -1.15. The maximum Gasteiger partial charge on any atom is 0.408 e. The predicted octanol–water partition coefficient (Wildman–Crippen LogP) is 3.61. The van der Waals surface area contributed by atoms with Crippen LogP contribution in [0.15, 0.2) is 54.6 Å². The van der Waals surface area contributed by atoms with Crippen molar-refractivity contribution in [3.63, 3.8) is 0 Å². The first-order valence-electron chi connectivity index (χ1n) is 7.32. The molecule has 2 aromatic carbocycles. The van der Waals surface area contributed by atoms with Crippen LogP contribution in [0.4, 0.5) is 4.79 Å². The van der Waals surface area contributed by atoms with Crippen LogP contribution >= 0.6 is 0 Å². The summed E-state index contributed by atoms with van der Waals surface area (Å²) < 4.78 is 4.93. The number of rotatable bonds is 5. The molecule has 2 rings (SSSR count). The van der Waals surface area contributed by atoms with Crippen molar-refractivity contribution in [2.45, 2.75) is 26.0 Å². The fraction of sp³-hybridized carbons (Fsp3) is 0.222. The second kappa shape index (κ2) is 7.45. The number of carbonyl (C=O) groups is 2. The number of carboxylic acids is 1. The van der Waals surface area contributed by atoms with E-state index in [-0.39, 0.29) is 6.10 Å². The van der Waals surface area contributed by atoms with E-state index in [4.69, 9.17) is 4.74 Å². The topological polar surface area (TPSA) is 75.6 Å². The molecular weight excluding hydrogens is 294 g/mol. The zero-order valence-corrected chi connectivity index (χ0v) is 13.0. The Morgan fingerprint density at radius 2 is 1.52 bits per heavy atom. The lowest BCUT2D eigenvalue weighted by atomic mass is 10.0. The Hall–Kier alpha value is -2.82. The smallest absolute Gasteiger partial charge is 0.408 e. The molecule has 0 aromatic heterocycles. The molecule has 0 saturated heterocycles. The molecule has 1 amide bonds. The van der Waals surface area contributed by atoms with Gasteiger partial charge in [0.15, 0.2) is 6.04 Å². The van der Waals surface area contributed by atoms with Crippen molar-refractivity contribution in [3.8, 4) is 11.1 Å². The van der Waals surface area contributed by atoms with E-state index in [9.17, 15) is 14.7 Å². The summed E-state index contributed by atoms with van der Waals surface area (Å²) in [4.78, 5) is 23.0. The van der Waals surface area contributed by atoms with Gasteiger partial charge in [0.2, 0.25) is 0 Å². The third-order valence-electron chi connectivity index (χ3n) is 3.20. The van der Waals surface area contributed by atoms with E-state index >= 15 is 0 Å². The number of carbonyl (C=O) groups excluding carboxylic acids is 1. The van der Waals surface area contributed by atoms with E-state index in [0.29, 0.717) is 5.56 Å². The summed E-state index contributed by atoms with van der Waals surface area (Å²) in [6, 6.07) is 15.7. The fourth-order valence-electron chi connectivity index (χ4n) is 2.15. The summed E-state index contributed by atoms with van der Waals surface area (Å²) in [5.74, 6) is -1.14. The predicted molar refractivity (Wildman–Crippen MR) is 87.0 cm³/mol. The molecule has 0 saturated carbocycles. The van der Waals surface area contributed by atoms with Gasteiger partial charge in [-0.3, -0.25) is 0 Å². The molecule has 0 heterocycles. The molecule has 0 fully saturated rings. The number of ether oxygens (including phenoxy) is 1. The third-order valence-corrected chi connectivity index (χ3v) is 3.20. The lowest BCUT2D eigenvalue weighted by Gasteiger charge is -2.16. The Balaban J connectivity index is 2.17. The zero-order chi connectivity index (χ0) is 16.8. The highest BCUT2D eigenvalue weighted by Crippen LogP contribution is 2.22. The Morgan fingerprint density at radius 3 is 2.04 bits per heavy atom. The number of hydrogen-bond acceptors (Lipinski definition) is 3. The molecule has 1 atom stereocenters. The Morgan fingerprint density at radius 1 is 0.957 bits per heavy atom. The van der Waals surface area contributed by atoms with Gasteiger partial charge in [-0.1, -0.05) is 54.6 Å². The van der Waals surface area contributed by atoms with Crippen molar-refractivity contribution in [3.05, 3.63) is 60.2 Å². The molecular formula is C18H19NO4. The van der Waals surface area contributed by atoms with Gasteiger partial charge in [-0.05, 0) is 30.5 Å². The van der Waals surface area contributed by atoms with Gasteiger partial charge in [-0.15, -0.1) is 0 Å². The summed E-state index contributed by atoms with van der Waals surface area (Å²) in [6.45, 7) is 3.40. The second-order valence-electron chi connectivity index (χ2n) is 5.36. The minimum Gasteiger partial charge on any atom is -0.479 e. The van der Waals surface area contributed by atoms with Crippen molar-refractivity contribution >= 4 is 12.1 Å². The standard InChI is InChI=1S/C18H19NO4/c1-12(2)23-18(22)19-16(17(20)21)15-10-8-14(9-11-15)13-6-4-3-5-7-13/h3-12,16H,1-2H3,(H,19,22)(H,20,21). The molecule has 1 unspecified atom stereocenters. The van der Waals surface area contributed by atoms with Crippen LogP contribution in [0.25, 0.3) is 11.1 Å². The highest BCUT2D eigenvalue weighted by molar-refractivity contribution is 5.81. The molecule has 0 spiro atoms. The third kappa shape index (κ3) is 4.57. The van der Waals surface area contributed by atoms with Gasteiger partial charge in [-0.25, -0.2) is 9.59 Å². The summed E-state index contributed by atoms with van der Waals surface area (Å²) in [5.41, 5.74) is 2.50. The molecule has 5 nitrogen and oxygen atoms in total. The quantitative estimate of drug-likeness (QED) is 0.884. The van der Waals surface area contributed by atoms with E-state index < -0.39 is 18.1 Å². The molecule has 2 N–H and O–H groups in total. The lowest BCUT2D eigenvalue weighted by molar-refractivity contribution is -0.139. The van der Waals surface area contributed by atoms with Crippen LogP contribution in [0.3, 0.4) is 0 Å². The summed E-state index contributed by atoms with van der Waals surface area (Å²) in [6.07, 6.45) is -1.07. The maximum absolute atomic E-state index is 11.6. The molecule has 0 radical (unpaired) electrons. The highest BCUT2D eigenvalue weighted by Gasteiger charge is 2.23. The Kier molecular flexibility index (Phi) is 5.36. The van der Waals surface area contributed by atoms with Crippen molar-refractivity contribution < 1.29 is 19.4 Å². The number of alkyl carbamates (subject to hydrolysis) is 1. The highest BCUT2D eigenvalue weighted by atomic mass is 16.6. The molecule has 0 aliphatic heterocycles. The number of amides is 1. The first-order valence-corrected chi connectivity index (χ1v) is 7.32. The van der Waals surface area contributed by atoms with Crippen molar-refractivity contribution in [2.75, 3.05) is 0 Å². The first-order chi connectivity index (χ1) is 11.0. The molecule has 0 aliphatic rings. The Bertz CT molecular complexity index is 665. The number of carboxylic acid groups (broad SMARTS) is 1. The normalized spacial score (nSPS) is 11.8. The second-order valence-corrected chi connectivity index (χ2v) is 5.36. The molecule has 2 aromatic rings. The SMILES string of the molecule is CC(C)OC(=O)NC(C(=O)O)c1ccc(-c2ccccc2)cc1. The lowest BCUT2D eigenvalue weighted by Crippen LogP contribution is -2.35. The zero-order valence-electron chi connectivity index (χ0n) is 13.0. The van der Waals surface area contributed by atoms with Crippen LogP contribution in [-0.4, -0.2) is 23.3 Å². The maximum atomic E-state index is 11.6. The van der Waals surface area contributed by atoms with Crippen molar-refractivity contribution in [2.24, 2.45) is 0 Å². The average Bonchev–Trinajstić information content (AvgIpc) is 2.53. The van der Waals surface area contributed by atoms with Crippen molar-refractivity contribution in [1.82, 2.24) is 5.32 Å². The monoisotopic (exact) mass is 313 g/mol. The summed E-state index contributed by atoms with van der Waals surface area (Å²) in [5, 5.41) is 11.7. The van der Waals surface area contributed by atoms with E-state index in [1.165, 1.54) is 0 Å². The van der Waals surface area contributed by atoms with Gasteiger partial charge < -0.3 is 15.2 Å². The van der Waals surface area contributed by atoms with Gasteiger partial charge in [0.1, 0.15) is 0 Å². The fourth-order valence-corrected chi connectivity index (χ4v) is 2.15. The van der Waals surface area contributed by atoms with Crippen LogP contribution in [0, 0.1) is 0 Å². The van der Waals surface area contributed by atoms with Gasteiger partial charge in [-0.2, -0.15) is 0 Å². The van der Waals surface area contributed by atoms with Crippen molar-refractivity contribution in [1.29, 1.82) is 0 Å². The Labute approximate surface area is 134 Å². The van der Waals surface area contributed by atoms with Crippen LogP contribution in [0.2, 0.25) is 0 Å². The van der Waals surface area contributed by atoms with Crippen LogP contribution in [-0.2, 0) is 9.53 Å². The number of benzene rings is 2. The largest absolute Gasteiger partial charge is 0.479 e. The van der Waals surface area contributed by atoms with Crippen LogP contribution in [0.5, 0.6) is 0 Å². The summed E-state index contributed by atoms with van der Waals surface area (Å²) >= 11 is 0. The first kappa shape index (κ1) is 16.5. The summed E-state index contributed by atoms with van der Waals surface area (Å²) in [7, 11) is 0. The molecule has 0 bridgehead atoms. The number of aliphatic carboxylic acids is 1. The number of hydrogen-bond donors (Lipinski definition) is 2. The molecule has 0 aliphatic carbocycles. The van der Waals surface area contributed by atoms with E-state index in [1.54, 1.807) is 26.0 Å². The van der Waals surface area contributed by atoms with Gasteiger partial charge in [0.25, 0.3) is 0 Å². The van der Waals surface area contributed by atoms with Gasteiger partial charge in [0.05, 0.1) is 6.10 Å². The molecule has 23 heavy (non-hydrogen) atoms. The van der Waals surface area contributed by atoms with Gasteiger partial charge >= 0.3 is 12.1 Å². The molecule has 5 heteroatoms. The van der Waals surface area contributed by atoms with Crippen LogP contribution in [0.1, 0.15) is 25.5 Å². The minimum absolute atomic E-state index is 0.315. The van der Waals surface area contributed by atoms with Crippen LogP contribution < -0.4 is 5.32 Å². The van der Waals surface area contributed by atoms with Gasteiger partial charge in [0, 0.05) is 0 Å². The van der Waals surface area contributed by atoms with E-state index in [0.717, 1.165) is 11.1 Å². The number of nitrogens with one attached hydrogen (secondary N) is 1.